The lowest BCUT2D eigenvalue weighted by atomic mass is 9.43. The molecule has 3 saturated carbocycles. The van der Waals surface area contributed by atoms with E-state index in [1.54, 1.807) is 7.05 Å². The predicted octanol–water partition coefficient (Wildman–Crippen LogP) is 2.64. The summed E-state index contributed by atoms with van der Waals surface area (Å²) in [4.78, 5) is 43.8. The van der Waals surface area contributed by atoms with E-state index in [9.17, 15) is 19.5 Å². The number of carbonyl (C=O) groups excluding carboxylic acids is 1. The first-order chi connectivity index (χ1) is 18.6. The normalized spacial score (nSPS) is 34.9. The maximum Gasteiger partial charge on any atom is 0.330 e. The average molecular weight is 533 g/mol. The summed E-state index contributed by atoms with van der Waals surface area (Å²) in [5.41, 5.74) is 1.76. The molecule has 4 aliphatic carbocycles. The maximum absolute atomic E-state index is 13.9. The Hall–Kier alpha value is -2.87. The van der Waals surface area contributed by atoms with Crippen molar-refractivity contribution in [2.75, 3.05) is 20.1 Å². The van der Waals surface area contributed by atoms with Crippen molar-refractivity contribution in [2.45, 2.75) is 69.4 Å². The van der Waals surface area contributed by atoms with Gasteiger partial charge in [0.1, 0.15) is 11.3 Å². The maximum atomic E-state index is 13.9. The van der Waals surface area contributed by atoms with Crippen LogP contribution in [0.5, 0.6) is 5.75 Å². The van der Waals surface area contributed by atoms with Crippen LogP contribution >= 0.6 is 0 Å². The number of rotatable bonds is 4. The molecule has 39 heavy (non-hydrogen) atoms. The summed E-state index contributed by atoms with van der Waals surface area (Å²) in [5, 5.41) is 10.7. The molecule has 208 valence electrons. The van der Waals surface area contributed by atoms with Crippen LogP contribution in [0.1, 0.15) is 66.9 Å². The average Bonchev–Trinajstić information content (AvgIpc) is 3.71. The second-order valence-electron chi connectivity index (χ2n) is 13.4. The molecule has 1 aromatic heterocycles. The van der Waals surface area contributed by atoms with Crippen LogP contribution in [-0.4, -0.2) is 62.2 Å². The molecule has 0 radical (unpaired) electrons. The summed E-state index contributed by atoms with van der Waals surface area (Å²) >= 11 is 0. The van der Waals surface area contributed by atoms with Gasteiger partial charge in [0.05, 0.1) is 0 Å². The summed E-state index contributed by atoms with van der Waals surface area (Å²) in [6.45, 7) is 4.63. The van der Waals surface area contributed by atoms with Crippen molar-refractivity contribution < 1.29 is 9.90 Å². The van der Waals surface area contributed by atoms with E-state index >= 15 is 0 Å². The third kappa shape index (κ3) is 3.24. The van der Waals surface area contributed by atoms with Gasteiger partial charge in [0, 0.05) is 51.4 Å². The van der Waals surface area contributed by atoms with Gasteiger partial charge in [0.2, 0.25) is 0 Å². The fourth-order valence-corrected chi connectivity index (χ4v) is 10.0. The Balaban J connectivity index is 1.33. The molecule has 1 amide bonds. The van der Waals surface area contributed by atoms with Crippen molar-refractivity contribution in [3.63, 3.8) is 0 Å². The SMILES string of the molecule is C[C@H]1C[C@@]23CCC(N(C)C(=O)c4cn(C)c(=O)n(C)c4=O)C1C21CCN(CC2CC2)C3Cc2ccc(O)cc21. The van der Waals surface area contributed by atoms with Crippen LogP contribution in [0.2, 0.25) is 0 Å². The molecule has 1 saturated heterocycles. The van der Waals surface area contributed by atoms with Crippen LogP contribution in [0.4, 0.5) is 0 Å². The molecule has 2 heterocycles. The molecule has 7 rings (SSSR count). The van der Waals surface area contributed by atoms with Crippen LogP contribution < -0.4 is 11.2 Å². The third-order valence-corrected chi connectivity index (χ3v) is 11.6. The van der Waals surface area contributed by atoms with Crippen LogP contribution in [0, 0.1) is 23.2 Å². The summed E-state index contributed by atoms with van der Waals surface area (Å²) in [6.07, 6.45) is 9.27. The molecule has 5 aliphatic rings. The zero-order valence-electron chi connectivity index (χ0n) is 23.5. The number of likely N-dealkylation sites (tertiary alicyclic amines) is 1. The molecule has 1 aliphatic heterocycles. The molecule has 1 aromatic carbocycles. The Labute approximate surface area is 229 Å². The van der Waals surface area contributed by atoms with Crippen molar-refractivity contribution >= 4 is 5.91 Å². The first kappa shape index (κ1) is 25.1. The molecule has 2 aromatic rings. The minimum atomic E-state index is -0.542. The number of carbonyl (C=O) groups is 1. The van der Waals surface area contributed by atoms with E-state index in [0.717, 1.165) is 49.1 Å². The van der Waals surface area contributed by atoms with Gasteiger partial charge in [-0.15, -0.1) is 0 Å². The Kier molecular flexibility index (Phi) is 5.36. The zero-order valence-corrected chi connectivity index (χ0v) is 23.5. The van der Waals surface area contributed by atoms with E-state index in [-0.39, 0.29) is 34.3 Å². The molecule has 8 heteroatoms. The van der Waals surface area contributed by atoms with Gasteiger partial charge in [-0.05, 0) is 97.9 Å². The lowest BCUT2D eigenvalue weighted by molar-refractivity contribution is -0.105. The molecule has 0 spiro atoms. The highest BCUT2D eigenvalue weighted by molar-refractivity contribution is 5.93. The summed E-state index contributed by atoms with van der Waals surface area (Å²) in [6, 6.07) is 6.49. The topological polar surface area (TPSA) is 87.8 Å². The van der Waals surface area contributed by atoms with Gasteiger partial charge in [-0.2, -0.15) is 0 Å². The Bertz CT molecular complexity index is 1490. The van der Waals surface area contributed by atoms with Gasteiger partial charge in [-0.3, -0.25) is 19.1 Å². The molecular formula is C31H40N4O4. The first-order valence-corrected chi connectivity index (χ1v) is 14.7. The molecule has 6 atom stereocenters. The molecule has 8 nitrogen and oxygen atoms in total. The fourth-order valence-electron chi connectivity index (χ4n) is 10.0. The Morgan fingerprint density at radius 2 is 1.92 bits per heavy atom. The van der Waals surface area contributed by atoms with E-state index in [1.165, 1.54) is 48.3 Å². The smallest absolute Gasteiger partial charge is 0.330 e. The van der Waals surface area contributed by atoms with E-state index in [4.69, 9.17) is 0 Å². The lowest BCUT2D eigenvalue weighted by Crippen LogP contribution is -2.70. The standard InChI is InChI=1S/C31H40N4O4/c1-18-15-30-10-9-24(33(3)27(37)22-17-32(2)29(39)34(4)28(22)38)26(18)31(30)11-12-35(16-19-5-6-19)25(30)13-20-7-8-21(36)14-23(20)31/h7-8,14,17-19,24-26,36H,5-6,9-13,15-16H2,1-4H3/t18-,24?,25?,26?,30+,31?/m0/s1. The number of hydrogen-bond donors (Lipinski definition) is 1. The number of nitrogens with zero attached hydrogens (tertiary/aromatic N) is 4. The monoisotopic (exact) mass is 532 g/mol. The highest BCUT2D eigenvalue weighted by Gasteiger charge is 2.73. The summed E-state index contributed by atoms with van der Waals surface area (Å²) < 4.78 is 2.33. The third-order valence-electron chi connectivity index (χ3n) is 11.6. The van der Waals surface area contributed by atoms with Crippen LogP contribution in [0.25, 0.3) is 0 Å². The number of hydrogen-bond acceptors (Lipinski definition) is 5. The van der Waals surface area contributed by atoms with E-state index in [0.29, 0.717) is 17.7 Å². The quantitative estimate of drug-likeness (QED) is 0.654. The van der Waals surface area contributed by atoms with Crippen LogP contribution in [-0.2, 0) is 25.9 Å². The number of phenolic OH excluding ortho intramolecular Hbond substituents is 1. The number of benzene rings is 1. The predicted molar refractivity (Wildman–Crippen MR) is 148 cm³/mol. The lowest BCUT2D eigenvalue weighted by Gasteiger charge is -2.67. The highest BCUT2D eigenvalue weighted by atomic mass is 16.3. The number of amides is 1. The first-order valence-electron chi connectivity index (χ1n) is 14.7. The van der Waals surface area contributed by atoms with Gasteiger partial charge in [0.15, 0.2) is 0 Å². The van der Waals surface area contributed by atoms with E-state index in [1.807, 2.05) is 24.1 Å². The second kappa shape index (κ2) is 8.32. The molecular weight excluding hydrogens is 492 g/mol. The second-order valence-corrected chi connectivity index (χ2v) is 13.4. The van der Waals surface area contributed by atoms with Crippen molar-refractivity contribution in [1.82, 2.24) is 18.9 Å². The van der Waals surface area contributed by atoms with Crippen LogP contribution in [0.3, 0.4) is 0 Å². The van der Waals surface area contributed by atoms with Crippen molar-refractivity contribution in [3.8, 4) is 5.75 Å². The minimum absolute atomic E-state index is 0.0194. The Morgan fingerprint density at radius 3 is 2.67 bits per heavy atom. The number of piperidine rings is 1. The molecule has 1 N–H and O–H groups in total. The van der Waals surface area contributed by atoms with E-state index < -0.39 is 11.2 Å². The number of aryl methyl sites for hydroxylation is 1. The van der Waals surface area contributed by atoms with Crippen LogP contribution in [0.15, 0.2) is 34.0 Å². The minimum Gasteiger partial charge on any atom is -0.508 e. The number of aromatic nitrogens is 2. The van der Waals surface area contributed by atoms with Crippen molar-refractivity contribution in [2.24, 2.45) is 37.3 Å². The number of phenols is 1. The number of aromatic hydroxyl groups is 1. The summed E-state index contributed by atoms with van der Waals surface area (Å²) in [5.74, 6) is 1.50. The molecule has 4 fully saturated rings. The van der Waals surface area contributed by atoms with Gasteiger partial charge in [-0.25, -0.2) is 4.79 Å². The van der Waals surface area contributed by atoms with E-state index in [2.05, 4.69) is 17.9 Å². The number of fused-ring (bicyclic) bond motifs is 1. The van der Waals surface area contributed by atoms with Gasteiger partial charge in [0.25, 0.3) is 11.5 Å². The molecule has 4 bridgehead atoms. The van der Waals surface area contributed by atoms with Gasteiger partial charge < -0.3 is 14.6 Å². The van der Waals surface area contributed by atoms with Crippen molar-refractivity contribution in [3.05, 3.63) is 61.9 Å². The largest absolute Gasteiger partial charge is 0.508 e. The summed E-state index contributed by atoms with van der Waals surface area (Å²) in [7, 11) is 4.85. The zero-order chi connectivity index (χ0) is 27.4. The highest BCUT2D eigenvalue weighted by Crippen LogP contribution is 2.74. The van der Waals surface area contributed by atoms with Crippen molar-refractivity contribution in [1.29, 1.82) is 0 Å². The van der Waals surface area contributed by atoms with Gasteiger partial charge >= 0.3 is 5.69 Å². The fraction of sp³-hybridized carbons (Fsp3) is 0.645. The Morgan fingerprint density at radius 1 is 1.15 bits per heavy atom. The molecule has 4 unspecified atom stereocenters. The van der Waals surface area contributed by atoms with Gasteiger partial charge in [-0.1, -0.05) is 13.0 Å².